The molecule has 1 unspecified atom stereocenters. The molecule has 0 saturated carbocycles. The summed E-state index contributed by atoms with van der Waals surface area (Å²) in [5.41, 5.74) is 8.15. The van der Waals surface area contributed by atoms with Crippen LogP contribution in [0.2, 0.25) is 0 Å². The quantitative estimate of drug-likeness (QED) is 0.839. The Hall–Kier alpha value is -1.88. The molecule has 2 heterocycles. The van der Waals surface area contributed by atoms with Crippen LogP contribution in [0, 0.1) is 0 Å². The number of hydrogen-bond acceptors (Lipinski definition) is 4. The number of aromatic nitrogens is 3. The Balaban J connectivity index is 2.07. The molecule has 0 saturated heterocycles. The fourth-order valence-corrected chi connectivity index (χ4v) is 1.84. The standard InChI is InChI=1S/C13H18N4O/c1-2-5-17-9-11(8-16-17)13(18)6-10-7-15-4-3-12(10)14/h3-4,7-9,13,18H,2,5-6H2,1H3,(H2,14,15). The largest absolute Gasteiger partial charge is 0.398 e. The van der Waals surface area contributed by atoms with Crippen LogP contribution in [0.4, 0.5) is 5.69 Å². The molecule has 0 aliphatic heterocycles. The molecule has 18 heavy (non-hydrogen) atoms. The Morgan fingerprint density at radius 2 is 2.28 bits per heavy atom. The van der Waals surface area contributed by atoms with Crippen LogP contribution < -0.4 is 5.73 Å². The summed E-state index contributed by atoms with van der Waals surface area (Å²) in [7, 11) is 0. The average Bonchev–Trinajstić information content (AvgIpc) is 2.81. The molecular weight excluding hydrogens is 228 g/mol. The number of hydrogen-bond donors (Lipinski definition) is 2. The Morgan fingerprint density at radius 1 is 1.44 bits per heavy atom. The average molecular weight is 246 g/mol. The first-order valence-electron chi connectivity index (χ1n) is 6.09. The van der Waals surface area contributed by atoms with Gasteiger partial charge in [-0.05, 0) is 18.1 Å². The van der Waals surface area contributed by atoms with Crippen molar-refractivity contribution in [1.82, 2.24) is 14.8 Å². The van der Waals surface area contributed by atoms with Gasteiger partial charge in [-0.2, -0.15) is 5.10 Å². The highest BCUT2D eigenvalue weighted by Gasteiger charge is 2.12. The van der Waals surface area contributed by atoms with Gasteiger partial charge in [-0.1, -0.05) is 6.92 Å². The molecular formula is C13H18N4O. The van der Waals surface area contributed by atoms with Crippen molar-refractivity contribution >= 4 is 5.69 Å². The Labute approximate surface area is 106 Å². The first-order chi connectivity index (χ1) is 8.70. The summed E-state index contributed by atoms with van der Waals surface area (Å²) in [4.78, 5) is 4.01. The van der Waals surface area contributed by atoms with E-state index in [-0.39, 0.29) is 0 Å². The van der Waals surface area contributed by atoms with Gasteiger partial charge in [0.15, 0.2) is 0 Å². The first kappa shape index (κ1) is 12.6. The topological polar surface area (TPSA) is 77.0 Å². The van der Waals surface area contributed by atoms with E-state index in [2.05, 4.69) is 17.0 Å². The second kappa shape index (κ2) is 5.64. The maximum atomic E-state index is 10.1. The Kier molecular flexibility index (Phi) is 3.94. The minimum Gasteiger partial charge on any atom is -0.398 e. The third kappa shape index (κ3) is 2.87. The number of nitrogen functional groups attached to an aromatic ring is 1. The Bertz CT molecular complexity index is 509. The van der Waals surface area contributed by atoms with Crippen molar-refractivity contribution in [2.45, 2.75) is 32.4 Å². The number of aliphatic hydroxyl groups excluding tert-OH is 1. The molecule has 0 amide bonds. The van der Waals surface area contributed by atoms with Gasteiger partial charge in [0, 0.05) is 42.8 Å². The van der Waals surface area contributed by atoms with Crippen LogP contribution in [0.5, 0.6) is 0 Å². The van der Waals surface area contributed by atoms with E-state index in [0.717, 1.165) is 24.1 Å². The SMILES string of the molecule is CCCn1cc(C(O)Cc2cnccc2N)cn1. The highest BCUT2D eigenvalue weighted by molar-refractivity contribution is 5.44. The van der Waals surface area contributed by atoms with Crippen molar-refractivity contribution in [3.8, 4) is 0 Å². The van der Waals surface area contributed by atoms with Gasteiger partial charge in [0.25, 0.3) is 0 Å². The van der Waals surface area contributed by atoms with Crippen LogP contribution in [0.3, 0.4) is 0 Å². The third-order valence-corrected chi connectivity index (χ3v) is 2.85. The smallest absolute Gasteiger partial charge is 0.0862 e. The van der Waals surface area contributed by atoms with Crippen LogP contribution >= 0.6 is 0 Å². The van der Waals surface area contributed by atoms with E-state index in [0.29, 0.717) is 12.1 Å². The maximum absolute atomic E-state index is 10.1. The lowest BCUT2D eigenvalue weighted by atomic mass is 10.0. The van der Waals surface area contributed by atoms with E-state index < -0.39 is 6.10 Å². The number of rotatable bonds is 5. The molecule has 2 rings (SSSR count). The van der Waals surface area contributed by atoms with E-state index in [1.807, 2.05) is 10.9 Å². The van der Waals surface area contributed by atoms with Crippen LogP contribution in [-0.4, -0.2) is 19.9 Å². The van der Waals surface area contributed by atoms with Gasteiger partial charge in [-0.15, -0.1) is 0 Å². The molecule has 5 heteroatoms. The van der Waals surface area contributed by atoms with E-state index in [4.69, 9.17) is 5.73 Å². The molecule has 2 aromatic rings. The number of aryl methyl sites for hydroxylation is 1. The summed E-state index contributed by atoms with van der Waals surface area (Å²) < 4.78 is 1.84. The zero-order valence-electron chi connectivity index (χ0n) is 10.5. The number of anilines is 1. The zero-order chi connectivity index (χ0) is 13.0. The minimum absolute atomic E-state index is 0.456. The van der Waals surface area contributed by atoms with Crippen molar-refractivity contribution in [3.63, 3.8) is 0 Å². The minimum atomic E-state index is -0.595. The zero-order valence-corrected chi connectivity index (χ0v) is 10.5. The lowest BCUT2D eigenvalue weighted by molar-refractivity contribution is 0.178. The lowest BCUT2D eigenvalue weighted by Crippen LogP contribution is -2.04. The molecule has 2 aromatic heterocycles. The maximum Gasteiger partial charge on any atom is 0.0862 e. The monoisotopic (exact) mass is 246 g/mol. The van der Waals surface area contributed by atoms with Gasteiger partial charge in [-0.25, -0.2) is 0 Å². The Morgan fingerprint density at radius 3 is 3.00 bits per heavy atom. The van der Waals surface area contributed by atoms with Crippen molar-refractivity contribution in [3.05, 3.63) is 42.0 Å². The van der Waals surface area contributed by atoms with Gasteiger partial charge >= 0.3 is 0 Å². The molecule has 3 N–H and O–H groups in total. The number of nitrogens with two attached hydrogens (primary N) is 1. The summed E-state index contributed by atoms with van der Waals surface area (Å²) in [5.74, 6) is 0. The molecule has 0 aromatic carbocycles. The van der Waals surface area contributed by atoms with Gasteiger partial charge in [0.05, 0.1) is 12.3 Å². The fraction of sp³-hybridized carbons (Fsp3) is 0.385. The lowest BCUT2D eigenvalue weighted by Gasteiger charge is -2.09. The molecule has 5 nitrogen and oxygen atoms in total. The van der Waals surface area contributed by atoms with Crippen molar-refractivity contribution in [2.24, 2.45) is 0 Å². The van der Waals surface area contributed by atoms with Gasteiger partial charge < -0.3 is 10.8 Å². The second-order valence-electron chi connectivity index (χ2n) is 4.33. The molecule has 0 spiro atoms. The number of nitrogens with zero attached hydrogens (tertiary/aromatic N) is 3. The molecule has 0 bridgehead atoms. The van der Waals surface area contributed by atoms with Crippen molar-refractivity contribution in [1.29, 1.82) is 0 Å². The van der Waals surface area contributed by atoms with E-state index in [9.17, 15) is 5.11 Å². The van der Waals surface area contributed by atoms with Crippen LogP contribution in [0.1, 0.15) is 30.6 Å². The third-order valence-electron chi connectivity index (χ3n) is 2.85. The summed E-state index contributed by atoms with van der Waals surface area (Å²) >= 11 is 0. The number of aliphatic hydroxyl groups is 1. The summed E-state index contributed by atoms with van der Waals surface area (Å²) in [5, 5.41) is 14.3. The van der Waals surface area contributed by atoms with Gasteiger partial charge in [-0.3, -0.25) is 9.67 Å². The summed E-state index contributed by atoms with van der Waals surface area (Å²) in [6.45, 7) is 2.95. The molecule has 0 fully saturated rings. The summed E-state index contributed by atoms with van der Waals surface area (Å²) in [6, 6.07) is 1.74. The molecule has 0 aliphatic carbocycles. The predicted octanol–water partition coefficient (Wildman–Crippen LogP) is 1.55. The van der Waals surface area contributed by atoms with E-state index in [1.54, 1.807) is 24.7 Å². The van der Waals surface area contributed by atoms with Crippen molar-refractivity contribution < 1.29 is 5.11 Å². The van der Waals surface area contributed by atoms with E-state index in [1.165, 1.54) is 0 Å². The highest BCUT2D eigenvalue weighted by Crippen LogP contribution is 2.20. The molecule has 1 atom stereocenters. The molecule has 0 radical (unpaired) electrons. The normalized spacial score (nSPS) is 12.6. The predicted molar refractivity (Wildman–Crippen MR) is 69.8 cm³/mol. The summed E-state index contributed by atoms with van der Waals surface area (Å²) in [6.07, 6.45) is 7.79. The highest BCUT2D eigenvalue weighted by atomic mass is 16.3. The van der Waals surface area contributed by atoms with Crippen molar-refractivity contribution in [2.75, 3.05) is 5.73 Å². The van der Waals surface area contributed by atoms with Crippen LogP contribution in [0.25, 0.3) is 0 Å². The molecule has 0 aliphatic rings. The van der Waals surface area contributed by atoms with E-state index >= 15 is 0 Å². The molecule has 96 valence electrons. The van der Waals surface area contributed by atoms with Crippen LogP contribution in [0.15, 0.2) is 30.9 Å². The fourth-order valence-electron chi connectivity index (χ4n) is 1.84. The number of pyridine rings is 1. The second-order valence-corrected chi connectivity index (χ2v) is 4.33. The van der Waals surface area contributed by atoms with Gasteiger partial charge in [0.1, 0.15) is 0 Å². The van der Waals surface area contributed by atoms with Gasteiger partial charge in [0.2, 0.25) is 0 Å². The van der Waals surface area contributed by atoms with Crippen LogP contribution in [-0.2, 0) is 13.0 Å². The first-order valence-corrected chi connectivity index (χ1v) is 6.09.